The van der Waals surface area contributed by atoms with Crippen molar-refractivity contribution in [3.8, 4) is 0 Å². The average molecular weight is 253 g/mol. The minimum atomic E-state index is 0.657. The Morgan fingerprint density at radius 2 is 2.33 bits per heavy atom. The van der Waals surface area contributed by atoms with Crippen molar-refractivity contribution in [1.82, 2.24) is 4.90 Å². The van der Waals surface area contributed by atoms with Crippen LogP contribution >= 0.6 is 27.5 Å². The van der Waals surface area contributed by atoms with Crippen molar-refractivity contribution in [2.24, 2.45) is 5.92 Å². The van der Waals surface area contributed by atoms with Crippen LogP contribution < -0.4 is 0 Å². The quantitative estimate of drug-likeness (QED) is 0.683. The topological polar surface area (TPSA) is 3.24 Å². The molecular weight excluding hydrogens is 237 g/mol. The monoisotopic (exact) mass is 251 g/mol. The normalized spacial score (nSPS) is 32.9. The van der Waals surface area contributed by atoms with Crippen molar-refractivity contribution >= 4 is 27.5 Å². The smallest absolute Gasteiger partial charge is 0.0276 e. The Hall–Kier alpha value is 0.470. The summed E-state index contributed by atoms with van der Waals surface area (Å²) in [6, 6.07) is 0. The van der Waals surface area contributed by atoms with Crippen LogP contribution in [0.5, 0.6) is 0 Å². The van der Waals surface area contributed by atoms with Crippen LogP contribution in [0.3, 0.4) is 0 Å². The minimum Gasteiger partial charge on any atom is -0.298 e. The minimum absolute atomic E-state index is 0.657. The number of likely N-dealkylation sites (tertiary alicyclic amines) is 1. The van der Waals surface area contributed by atoms with Crippen LogP contribution in [0.25, 0.3) is 0 Å². The van der Waals surface area contributed by atoms with Crippen molar-refractivity contribution in [2.45, 2.75) is 18.2 Å². The summed E-state index contributed by atoms with van der Waals surface area (Å²) in [6.45, 7) is 5.62. The molecule has 3 heteroatoms. The molecule has 1 heterocycles. The predicted octanol–water partition coefficient (Wildman–Crippen LogP) is 2.84. The van der Waals surface area contributed by atoms with Crippen molar-refractivity contribution in [3.63, 3.8) is 0 Å². The van der Waals surface area contributed by atoms with Crippen LogP contribution in [0.1, 0.15) is 13.3 Å². The molecule has 0 N–H and O–H groups in total. The Labute approximate surface area is 87.9 Å². The molecule has 0 radical (unpaired) electrons. The predicted molar refractivity (Wildman–Crippen MR) is 57.9 cm³/mol. The van der Waals surface area contributed by atoms with Crippen molar-refractivity contribution in [3.05, 3.63) is 11.6 Å². The summed E-state index contributed by atoms with van der Waals surface area (Å²) in [7, 11) is 0. The number of nitrogens with zero attached hydrogens (tertiary/aromatic N) is 1. The molecule has 0 aromatic heterocycles. The van der Waals surface area contributed by atoms with Crippen LogP contribution in [0.2, 0.25) is 0 Å². The lowest BCUT2D eigenvalue weighted by Crippen LogP contribution is -2.39. The third-order valence-electron chi connectivity index (χ3n) is 2.14. The van der Waals surface area contributed by atoms with Gasteiger partial charge < -0.3 is 0 Å². The van der Waals surface area contributed by atoms with Crippen LogP contribution in [-0.4, -0.2) is 29.4 Å². The molecule has 70 valence electrons. The Kier molecular flexibility index (Phi) is 4.62. The first-order valence-electron chi connectivity index (χ1n) is 4.34. The maximum Gasteiger partial charge on any atom is 0.0276 e. The zero-order chi connectivity index (χ0) is 8.97. The van der Waals surface area contributed by atoms with Gasteiger partial charge in [-0.2, -0.15) is 0 Å². The van der Waals surface area contributed by atoms with Gasteiger partial charge in [-0.15, -0.1) is 0 Å². The maximum absolute atomic E-state index is 5.47. The van der Waals surface area contributed by atoms with Crippen LogP contribution in [-0.2, 0) is 0 Å². The molecule has 1 saturated heterocycles. The molecular formula is C9H15BrClN. The number of hydrogen-bond acceptors (Lipinski definition) is 1. The van der Waals surface area contributed by atoms with Crippen molar-refractivity contribution in [1.29, 1.82) is 0 Å². The van der Waals surface area contributed by atoms with Gasteiger partial charge in [0.2, 0.25) is 0 Å². The maximum atomic E-state index is 5.47. The fourth-order valence-corrected chi connectivity index (χ4v) is 2.85. The van der Waals surface area contributed by atoms with Gasteiger partial charge in [-0.1, -0.05) is 40.5 Å². The van der Waals surface area contributed by atoms with E-state index in [4.69, 9.17) is 11.6 Å². The SMILES string of the molecule is CC1CC(Br)CN(C/C=C/Cl)C1. The van der Waals surface area contributed by atoms with E-state index >= 15 is 0 Å². The van der Waals surface area contributed by atoms with Gasteiger partial charge in [-0.3, -0.25) is 4.90 Å². The molecule has 2 unspecified atom stereocenters. The van der Waals surface area contributed by atoms with Crippen LogP contribution in [0.15, 0.2) is 11.6 Å². The lowest BCUT2D eigenvalue weighted by atomic mass is 10.0. The van der Waals surface area contributed by atoms with Gasteiger partial charge in [-0.25, -0.2) is 0 Å². The van der Waals surface area contributed by atoms with Gasteiger partial charge in [0, 0.05) is 30.0 Å². The highest BCUT2D eigenvalue weighted by atomic mass is 79.9. The molecule has 1 nitrogen and oxygen atoms in total. The summed E-state index contributed by atoms with van der Waals surface area (Å²) in [5, 5.41) is 0. The van der Waals surface area contributed by atoms with Gasteiger partial charge in [0.15, 0.2) is 0 Å². The summed E-state index contributed by atoms with van der Waals surface area (Å²) >= 11 is 9.14. The zero-order valence-electron chi connectivity index (χ0n) is 7.34. The zero-order valence-corrected chi connectivity index (χ0v) is 9.68. The Morgan fingerprint density at radius 1 is 1.58 bits per heavy atom. The number of alkyl halides is 1. The van der Waals surface area contributed by atoms with Crippen molar-refractivity contribution in [2.75, 3.05) is 19.6 Å². The van der Waals surface area contributed by atoms with E-state index < -0.39 is 0 Å². The fraction of sp³-hybridized carbons (Fsp3) is 0.778. The van der Waals surface area contributed by atoms with E-state index in [-0.39, 0.29) is 0 Å². The fourth-order valence-electron chi connectivity index (χ4n) is 1.72. The Balaban J connectivity index is 2.33. The molecule has 0 bridgehead atoms. The molecule has 1 rings (SSSR count). The second-order valence-electron chi connectivity index (χ2n) is 3.52. The van der Waals surface area contributed by atoms with Gasteiger partial charge >= 0.3 is 0 Å². The summed E-state index contributed by atoms with van der Waals surface area (Å²) in [5.41, 5.74) is 1.60. The van der Waals surface area contributed by atoms with Crippen molar-refractivity contribution < 1.29 is 0 Å². The Morgan fingerprint density at radius 3 is 2.92 bits per heavy atom. The number of rotatable bonds is 2. The van der Waals surface area contributed by atoms with E-state index in [1.54, 1.807) is 5.54 Å². The third kappa shape index (κ3) is 3.46. The van der Waals surface area contributed by atoms with E-state index in [1.807, 2.05) is 6.08 Å². The average Bonchev–Trinajstić information content (AvgIpc) is 1.99. The molecule has 0 aromatic rings. The summed E-state index contributed by atoms with van der Waals surface area (Å²) in [5.74, 6) is 0.798. The first-order chi connectivity index (χ1) is 5.72. The Bertz CT molecular complexity index is 151. The first kappa shape index (κ1) is 10.6. The highest BCUT2D eigenvalue weighted by Gasteiger charge is 2.21. The summed E-state index contributed by atoms with van der Waals surface area (Å²) in [6.07, 6.45) is 3.29. The van der Waals surface area contributed by atoms with E-state index in [2.05, 4.69) is 27.8 Å². The molecule has 1 aliphatic heterocycles. The van der Waals surface area contributed by atoms with E-state index in [0.29, 0.717) is 4.83 Å². The number of hydrogen-bond donors (Lipinski definition) is 0. The van der Waals surface area contributed by atoms with E-state index in [9.17, 15) is 0 Å². The highest BCUT2D eigenvalue weighted by Crippen LogP contribution is 2.21. The number of halogens is 2. The second-order valence-corrected chi connectivity index (χ2v) is 5.07. The molecule has 2 atom stereocenters. The molecule has 0 aromatic carbocycles. The van der Waals surface area contributed by atoms with Gasteiger partial charge in [0.05, 0.1) is 0 Å². The van der Waals surface area contributed by atoms with Gasteiger partial charge in [-0.05, 0) is 12.3 Å². The largest absolute Gasteiger partial charge is 0.298 e. The standard InChI is InChI=1S/C9H15BrClN/c1-8-5-9(10)7-12(6-8)4-2-3-11/h2-3,8-9H,4-7H2,1H3/b3-2+. The molecule has 0 aliphatic carbocycles. The van der Waals surface area contributed by atoms with E-state index in [0.717, 1.165) is 19.0 Å². The first-order valence-corrected chi connectivity index (χ1v) is 5.69. The van der Waals surface area contributed by atoms with E-state index in [1.165, 1.54) is 13.0 Å². The lowest BCUT2D eigenvalue weighted by Gasteiger charge is -2.33. The molecule has 1 fully saturated rings. The van der Waals surface area contributed by atoms with Crippen LogP contribution in [0.4, 0.5) is 0 Å². The van der Waals surface area contributed by atoms with Crippen LogP contribution in [0, 0.1) is 5.92 Å². The molecule has 12 heavy (non-hydrogen) atoms. The molecule has 0 spiro atoms. The second kappa shape index (κ2) is 5.25. The summed E-state index contributed by atoms with van der Waals surface area (Å²) in [4.78, 5) is 3.08. The number of piperidine rings is 1. The van der Waals surface area contributed by atoms with Gasteiger partial charge in [0.1, 0.15) is 0 Å². The highest BCUT2D eigenvalue weighted by molar-refractivity contribution is 9.09. The molecule has 1 aliphatic rings. The summed E-state index contributed by atoms with van der Waals surface area (Å²) < 4.78 is 0. The molecule has 0 saturated carbocycles. The molecule has 0 amide bonds. The lowest BCUT2D eigenvalue weighted by molar-refractivity contribution is 0.209. The third-order valence-corrected chi connectivity index (χ3v) is 2.98. The van der Waals surface area contributed by atoms with Gasteiger partial charge in [0.25, 0.3) is 0 Å².